The summed E-state index contributed by atoms with van der Waals surface area (Å²) in [5, 5.41) is 2.52. The Morgan fingerprint density at radius 3 is 2.83 bits per heavy atom. The summed E-state index contributed by atoms with van der Waals surface area (Å²) in [5.74, 6) is -3.78. The van der Waals surface area contributed by atoms with E-state index < -0.39 is 36.7 Å². The minimum absolute atomic E-state index is 0.211. The summed E-state index contributed by atoms with van der Waals surface area (Å²) in [7, 11) is 0. The van der Waals surface area contributed by atoms with Crippen LogP contribution in [-0.2, 0) is 9.47 Å². The number of esters is 1. The number of rotatable bonds is 4. The fourth-order valence-corrected chi connectivity index (χ4v) is 2.83. The Hall–Kier alpha value is -2.22. The second-order valence-electron chi connectivity index (χ2n) is 5.82. The van der Waals surface area contributed by atoms with Gasteiger partial charge in [0.1, 0.15) is 12.7 Å². The molecule has 130 valence electrons. The van der Waals surface area contributed by atoms with Crippen molar-refractivity contribution >= 4 is 12.0 Å². The van der Waals surface area contributed by atoms with Crippen LogP contribution in [-0.4, -0.2) is 54.9 Å². The molecule has 1 N–H and O–H groups in total. The zero-order valence-corrected chi connectivity index (χ0v) is 12.9. The predicted octanol–water partition coefficient (Wildman–Crippen LogP) is 2.01. The molecule has 0 aliphatic carbocycles. The standard InChI is InChI=1S/C16H18F2N2O4/c17-16(18)9-12(10-23-13(21)11-5-2-1-3-6-11)24-14(16)20-8-4-7-19-15(20)22/h1-3,5-6,12,14H,4,7-10H2,(H,19,22)/t12-,14+/m0/s1. The van der Waals surface area contributed by atoms with Crippen molar-refractivity contribution in [3.05, 3.63) is 35.9 Å². The molecule has 2 heterocycles. The van der Waals surface area contributed by atoms with Crippen molar-refractivity contribution in [2.24, 2.45) is 0 Å². The van der Waals surface area contributed by atoms with Crippen LogP contribution in [0.1, 0.15) is 23.2 Å². The molecule has 1 aromatic rings. The fraction of sp³-hybridized carbons (Fsp3) is 0.500. The summed E-state index contributed by atoms with van der Waals surface area (Å²) in [6.45, 7) is 0.392. The molecule has 1 aromatic carbocycles. The average molecular weight is 340 g/mol. The number of carbonyl (C=O) groups is 2. The first kappa shape index (κ1) is 16.6. The molecule has 0 bridgehead atoms. The Balaban J connectivity index is 1.58. The largest absolute Gasteiger partial charge is 0.459 e. The first-order valence-electron chi connectivity index (χ1n) is 7.77. The van der Waals surface area contributed by atoms with Gasteiger partial charge in [-0.1, -0.05) is 18.2 Å². The number of hydrogen-bond donors (Lipinski definition) is 1. The van der Waals surface area contributed by atoms with Gasteiger partial charge < -0.3 is 14.8 Å². The van der Waals surface area contributed by atoms with E-state index in [-0.39, 0.29) is 13.2 Å². The monoisotopic (exact) mass is 340 g/mol. The highest BCUT2D eigenvalue weighted by Gasteiger charge is 2.54. The van der Waals surface area contributed by atoms with E-state index in [1.165, 1.54) is 0 Å². The molecule has 2 fully saturated rings. The topological polar surface area (TPSA) is 67.9 Å². The lowest BCUT2D eigenvalue weighted by molar-refractivity contribution is -0.140. The van der Waals surface area contributed by atoms with Crippen LogP contribution >= 0.6 is 0 Å². The molecule has 24 heavy (non-hydrogen) atoms. The molecule has 0 radical (unpaired) electrons. The number of ether oxygens (including phenoxy) is 2. The average Bonchev–Trinajstić information content (AvgIpc) is 2.88. The van der Waals surface area contributed by atoms with Crippen LogP contribution in [0.2, 0.25) is 0 Å². The molecule has 8 heteroatoms. The third-order valence-electron chi connectivity index (χ3n) is 3.99. The smallest absolute Gasteiger partial charge is 0.338 e. The maximum absolute atomic E-state index is 14.2. The highest BCUT2D eigenvalue weighted by atomic mass is 19.3. The van der Waals surface area contributed by atoms with E-state index in [0.29, 0.717) is 18.5 Å². The lowest BCUT2D eigenvalue weighted by atomic mass is 10.1. The Morgan fingerprint density at radius 2 is 2.12 bits per heavy atom. The maximum Gasteiger partial charge on any atom is 0.338 e. The Bertz CT molecular complexity index is 611. The number of hydrogen-bond acceptors (Lipinski definition) is 4. The molecule has 2 saturated heterocycles. The lowest BCUT2D eigenvalue weighted by Crippen LogP contribution is -2.55. The van der Waals surface area contributed by atoms with Gasteiger partial charge >= 0.3 is 12.0 Å². The minimum Gasteiger partial charge on any atom is -0.459 e. The van der Waals surface area contributed by atoms with Crippen LogP contribution in [0, 0.1) is 0 Å². The van der Waals surface area contributed by atoms with Crippen LogP contribution in [0.15, 0.2) is 30.3 Å². The highest BCUT2D eigenvalue weighted by Crippen LogP contribution is 2.38. The van der Waals surface area contributed by atoms with Crippen molar-refractivity contribution < 1.29 is 27.8 Å². The van der Waals surface area contributed by atoms with Gasteiger partial charge in [0.25, 0.3) is 5.92 Å². The maximum atomic E-state index is 14.2. The quantitative estimate of drug-likeness (QED) is 0.852. The molecular weight excluding hydrogens is 322 g/mol. The molecule has 3 rings (SSSR count). The summed E-state index contributed by atoms with van der Waals surface area (Å²) in [5.41, 5.74) is 0.342. The molecule has 0 aromatic heterocycles. The number of amides is 2. The number of carbonyl (C=O) groups excluding carboxylic acids is 2. The summed E-state index contributed by atoms with van der Waals surface area (Å²) in [6.07, 6.45) is -2.59. The first-order chi connectivity index (χ1) is 11.5. The van der Waals surface area contributed by atoms with Crippen molar-refractivity contribution in [2.75, 3.05) is 19.7 Å². The van der Waals surface area contributed by atoms with Gasteiger partial charge in [0, 0.05) is 19.5 Å². The molecule has 0 unspecified atom stereocenters. The van der Waals surface area contributed by atoms with E-state index in [0.717, 1.165) is 4.90 Å². The van der Waals surface area contributed by atoms with Crippen LogP contribution in [0.5, 0.6) is 0 Å². The Labute approximate surface area is 137 Å². The van der Waals surface area contributed by atoms with E-state index in [9.17, 15) is 18.4 Å². The van der Waals surface area contributed by atoms with Crippen LogP contribution in [0.4, 0.5) is 13.6 Å². The van der Waals surface area contributed by atoms with Crippen molar-refractivity contribution in [3.63, 3.8) is 0 Å². The predicted molar refractivity (Wildman–Crippen MR) is 79.7 cm³/mol. The van der Waals surface area contributed by atoms with Crippen molar-refractivity contribution in [3.8, 4) is 0 Å². The van der Waals surface area contributed by atoms with E-state index >= 15 is 0 Å². The molecule has 0 saturated carbocycles. The van der Waals surface area contributed by atoms with Crippen LogP contribution < -0.4 is 5.32 Å². The van der Waals surface area contributed by atoms with E-state index in [4.69, 9.17) is 9.47 Å². The van der Waals surface area contributed by atoms with Crippen molar-refractivity contribution in [2.45, 2.75) is 31.1 Å². The van der Waals surface area contributed by atoms with Gasteiger partial charge in [0.05, 0.1) is 5.56 Å². The molecule has 2 aliphatic rings. The van der Waals surface area contributed by atoms with E-state index in [2.05, 4.69) is 5.32 Å². The Kier molecular flexibility index (Phi) is 4.66. The molecule has 6 nitrogen and oxygen atoms in total. The van der Waals surface area contributed by atoms with Gasteiger partial charge in [-0.05, 0) is 18.6 Å². The van der Waals surface area contributed by atoms with Crippen LogP contribution in [0.25, 0.3) is 0 Å². The Morgan fingerprint density at radius 1 is 1.38 bits per heavy atom. The lowest BCUT2D eigenvalue weighted by Gasteiger charge is -2.34. The minimum atomic E-state index is -3.18. The summed E-state index contributed by atoms with van der Waals surface area (Å²) in [4.78, 5) is 24.6. The third-order valence-corrected chi connectivity index (χ3v) is 3.99. The second-order valence-corrected chi connectivity index (χ2v) is 5.82. The zero-order chi connectivity index (χ0) is 17.2. The van der Waals surface area contributed by atoms with Crippen molar-refractivity contribution in [1.82, 2.24) is 10.2 Å². The normalized spacial score (nSPS) is 26.1. The first-order valence-corrected chi connectivity index (χ1v) is 7.77. The van der Waals surface area contributed by atoms with Gasteiger partial charge in [-0.3, -0.25) is 4.90 Å². The van der Waals surface area contributed by atoms with Gasteiger partial charge in [-0.25, -0.2) is 18.4 Å². The zero-order valence-electron chi connectivity index (χ0n) is 12.9. The number of benzene rings is 1. The molecular formula is C16H18F2N2O4. The molecule has 0 spiro atoms. The summed E-state index contributed by atoms with van der Waals surface area (Å²) in [6, 6.07) is 7.71. The van der Waals surface area contributed by atoms with Gasteiger partial charge in [-0.15, -0.1) is 0 Å². The number of nitrogens with one attached hydrogen (secondary N) is 1. The summed E-state index contributed by atoms with van der Waals surface area (Å²) < 4.78 is 38.7. The highest BCUT2D eigenvalue weighted by molar-refractivity contribution is 5.89. The SMILES string of the molecule is O=C(OC[C@@H]1CC(F)(F)[C@H](N2CCCNC2=O)O1)c1ccccc1. The molecule has 2 aliphatic heterocycles. The second kappa shape index (κ2) is 6.72. The van der Waals surface area contributed by atoms with E-state index in [1.54, 1.807) is 30.3 Å². The number of halogens is 2. The van der Waals surface area contributed by atoms with Crippen LogP contribution in [0.3, 0.4) is 0 Å². The fourth-order valence-electron chi connectivity index (χ4n) is 2.83. The third kappa shape index (κ3) is 3.48. The number of urea groups is 1. The van der Waals surface area contributed by atoms with Gasteiger partial charge in [0.15, 0.2) is 6.23 Å². The molecule has 2 atom stereocenters. The van der Waals surface area contributed by atoms with Crippen molar-refractivity contribution in [1.29, 1.82) is 0 Å². The van der Waals surface area contributed by atoms with Gasteiger partial charge in [-0.2, -0.15) is 0 Å². The summed E-state index contributed by atoms with van der Waals surface area (Å²) >= 11 is 0. The van der Waals surface area contributed by atoms with E-state index in [1.807, 2.05) is 0 Å². The number of alkyl halides is 2. The number of nitrogens with zero attached hydrogens (tertiary/aromatic N) is 1. The van der Waals surface area contributed by atoms with Gasteiger partial charge in [0.2, 0.25) is 0 Å². The molecule has 2 amide bonds.